The fourth-order valence-electron chi connectivity index (χ4n) is 2.92. The van der Waals surface area contributed by atoms with Crippen LogP contribution in [0.15, 0.2) is 61.1 Å². The second-order valence-corrected chi connectivity index (χ2v) is 6.59. The summed E-state index contributed by atoms with van der Waals surface area (Å²) >= 11 is 6.40. The van der Waals surface area contributed by atoms with E-state index in [1.807, 2.05) is 30.3 Å². The number of methoxy groups -OCH3 is 1. The third kappa shape index (κ3) is 4.00. The van der Waals surface area contributed by atoms with Crippen molar-refractivity contribution in [2.45, 2.75) is 6.61 Å². The standard InChI is InChI=1S/C21H18ClN5O2/c1-28-20-16(23)6-7-17-19(20)21(26-12-25-17)27-13-5-8-18(15(22)10-13)29-11-14-4-2-3-9-24-14/h2-10,12H,11,23H2,1H3,(H,25,26,27). The van der Waals surface area contributed by atoms with Crippen molar-refractivity contribution in [3.05, 3.63) is 71.8 Å². The molecule has 0 unspecified atom stereocenters. The Morgan fingerprint density at radius 3 is 2.72 bits per heavy atom. The maximum Gasteiger partial charge on any atom is 0.154 e. The quantitative estimate of drug-likeness (QED) is 0.451. The number of pyridine rings is 1. The van der Waals surface area contributed by atoms with Crippen LogP contribution in [0.1, 0.15) is 5.69 Å². The Morgan fingerprint density at radius 2 is 1.97 bits per heavy atom. The van der Waals surface area contributed by atoms with Crippen LogP contribution in [-0.4, -0.2) is 22.1 Å². The van der Waals surface area contributed by atoms with Crippen molar-refractivity contribution in [2.75, 3.05) is 18.2 Å². The van der Waals surface area contributed by atoms with Gasteiger partial charge in [0.05, 0.1) is 34.4 Å². The minimum atomic E-state index is 0.334. The maximum absolute atomic E-state index is 6.40. The fraction of sp³-hybridized carbons (Fsp3) is 0.0952. The van der Waals surface area contributed by atoms with E-state index < -0.39 is 0 Å². The number of hydrogen-bond acceptors (Lipinski definition) is 7. The van der Waals surface area contributed by atoms with Crippen molar-refractivity contribution < 1.29 is 9.47 Å². The molecule has 4 rings (SSSR count). The Labute approximate surface area is 172 Å². The first-order valence-electron chi connectivity index (χ1n) is 8.82. The smallest absolute Gasteiger partial charge is 0.154 e. The number of anilines is 3. The Bertz CT molecular complexity index is 1150. The van der Waals surface area contributed by atoms with Crippen LogP contribution in [0, 0.1) is 0 Å². The molecular formula is C21H18ClN5O2. The first-order valence-corrected chi connectivity index (χ1v) is 9.20. The Kier molecular flexibility index (Phi) is 5.31. The van der Waals surface area contributed by atoms with Crippen molar-refractivity contribution in [3.63, 3.8) is 0 Å². The molecule has 0 atom stereocenters. The number of ether oxygens (including phenoxy) is 2. The number of fused-ring (bicyclic) bond motifs is 1. The van der Waals surface area contributed by atoms with Gasteiger partial charge in [-0.05, 0) is 42.5 Å². The highest BCUT2D eigenvalue weighted by atomic mass is 35.5. The van der Waals surface area contributed by atoms with Gasteiger partial charge in [0.1, 0.15) is 24.5 Å². The van der Waals surface area contributed by atoms with Crippen LogP contribution in [0.25, 0.3) is 10.9 Å². The van der Waals surface area contributed by atoms with Gasteiger partial charge < -0.3 is 20.5 Å². The predicted octanol–water partition coefficient (Wildman–Crippen LogP) is 4.59. The van der Waals surface area contributed by atoms with Crippen molar-refractivity contribution in [1.82, 2.24) is 15.0 Å². The topological polar surface area (TPSA) is 95.2 Å². The zero-order valence-electron chi connectivity index (χ0n) is 15.6. The molecule has 2 aromatic carbocycles. The van der Waals surface area contributed by atoms with Gasteiger partial charge in [-0.2, -0.15) is 0 Å². The molecule has 4 aromatic rings. The highest BCUT2D eigenvalue weighted by molar-refractivity contribution is 6.32. The molecule has 7 nitrogen and oxygen atoms in total. The molecule has 0 saturated carbocycles. The summed E-state index contributed by atoms with van der Waals surface area (Å²) in [7, 11) is 1.56. The zero-order valence-corrected chi connectivity index (χ0v) is 16.3. The van der Waals surface area contributed by atoms with Crippen molar-refractivity contribution in [1.29, 1.82) is 0 Å². The van der Waals surface area contributed by atoms with Crippen molar-refractivity contribution in [2.24, 2.45) is 0 Å². The van der Waals surface area contributed by atoms with Crippen molar-refractivity contribution in [3.8, 4) is 11.5 Å². The van der Waals surface area contributed by atoms with E-state index >= 15 is 0 Å². The Hall–Kier alpha value is -3.58. The summed E-state index contributed by atoms with van der Waals surface area (Å²) in [5, 5.41) is 4.42. The highest BCUT2D eigenvalue weighted by Crippen LogP contribution is 2.36. The van der Waals surface area contributed by atoms with Gasteiger partial charge in [0, 0.05) is 11.9 Å². The first kappa shape index (κ1) is 18.8. The van der Waals surface area contributed by atoms with Gasteiger partial charge in [-0.15, -0.1) is 0 Å². The number of nitrogens with zero attached hydrogens (tertiary/aromatic N) is 3. The molecule has 3 N–H and O–H groups in total. The van der Waals surface area contributed by atoms with Crippen LogP contribution >= 0.6 is 11.6 Å². The molecular weight excluding hydrogens is 390 g/mol. The molecule has 29 heavy (non-hydrogen) atoms. The molecule has 0 saturated heterocycles. The van der Waals surface area contributed by atoms with E-state index in [-0.39, 0.29) is 0 Å². The second kappa shape index (κ2) is 8.20. The average molecular weight is 408 g/mol. The number of rotatable bonds is 6. The number of hydrogen-bond donors (Lipinski definition) is 2. The SMILES string of the molecule is COc1c(N)ccc2ncnc(Nc3ccc(OCc4ccccn4)c(Cl)c3)c12. The summed E-state index contributed by atoms with van der Waals surface area (Å²) in [4.78, 5) is 12.9. The molecule has 8 heteroatoms. The monoisotopic (exact) mass is 407 g/mol. The first-order chi connectivity index (χ1) is 14.2. The van der Waals surface area contributed by atoms with E-state index in [9.17, 15) is 0 Å². The Morgan fingerprint density at radius 1 is 1.07 bits per heavy atom. The minimum absolute atomic E-state index is 0.334. The van der Waals surface area contributed by atoms with Crippen LogP contribution in [0.3, 0.4) is 0 Å². The van der Waals surface area contributed by atoms with Crippen LogP contribution < -0.4 is 20.5 Å². The zero-order chi connectivity index (χ0) is 20.2. The number of halogens is 1. The maximum atomic E-state index is 6.40. The largest absolute Gasteiger partial charge is 0.494 e. The van der Waals surface area contributed by atoms with Crippen LogP contribution in [0.2, 0.25) is 5.02 Å². The third-order valence-corrected chi connectivity index (χ3v) is 4.58. The van der Waals surface area contributed by atoms with Gasteiger partial charge in [-0.25, -0.2) is 9.97 Å². The lowest BCUT2D eigenvalue weighted by Crippen LogP contribution is -2.01. The summed E-state index contributed by atoms with van der Waals surface area (Å²) in [6, 6.07) is 14.6. The van der Waals surface area contributed by atoms with E-state index in [2.05, 4.69) is 20.3 Å². The molecule has 0 radical (unpaired) electrons. The summed E-state index contributed by atoms with van der Waals surface area (Å²) in [6.45, 7) is 0.334. The van der Waals surface area contributed by atoms with E-state index in [4.69, 9.17) is 26.8 Å². The van der Waals surface area contributed by atoms with Gasteiger partial charge in [-0.3, -0.25) is 4.98 Å². The molecule has 0 bridgehead atoms. The molecule has 0 spiro atoms. The van der Waals surface area contributed by atoms with Gasteiger partial charge in [0.25, 0.3) is 0 Å². The van der Waals surface area contributed by atoms with Gasteiger partial charge in [0.15, 0.2) is 5.75 Å². The molecule has 146 valence electrons. The molecule has 0 aliphatic carbocycles. The molecule has 0 aliphatic heterocycles. The minimum Gasteiger partial charge on any atom is -0.494 e. The van der Waals surface area contributed by atoms with Gasteiger partial charge in [0.2, 0.25) is 0 Å². The van der Waals surface area contributed by atoms with Crippen LogP contribution in [0.4, 0.5) is 17.2 Å². The van der Waals surface area contributed by atoms with Crippen molar-refractivity contribution >= 4 is 39.7 Å². The number of nitrogens with one attached hydrogen (secondary N) is 1. The number of aromatic nitrogens is 3. The lowest BCUT2D eigenvalue weighted by molar-refractivity contribution is 0.301. The molecule has 2 heterocycles. The molecule has 0 fully saturated rings. The molecule has 0 amide bonds. The third-order valence-electron chi connectivity index (χ3n) is 4.29. The summed E-state index contributed by atoms with van der Waals surface area (Å²) in [6.07, 6.45) is 3.20. The molecule has 0 aliphatic rings. The summed E-state index contributed by atoms with van der Waals surface area (Å²) in [5.41, 5.74) is 8.82. The summed E-state index contributed by atoms with van der Waals surface area (Å²) < 4.78 is 11.2. The molecule has 2 aromatic heterocycles. The second-order valence-electron chi connectivity index (χ2n) is 6.18. The van der Waals surface area contributed by atoms with Crippen LogP contribution in [0.5, 0.6) is 11.5 Å². The lowest BCUT2D eigenvalue weighted by Gasteiger charge is -2.14. The number of nitrogen functional groups attached to an aromatic ring is 1. The predicted molar refractivity (Wildman–Crippen MR) is 114 cm³/mol. The van der Waals surface area contributed by atoms with E-state index in [1.165, 1.54) is 6.33 Å². The van der Waals surface area contributed by atoms with Crippen LogP contribution in [-0.2, 0) is 6.61 Å². The number of nitrogens with two attached hydrogens (primary N) is 1. The van der Waals surface area contributed by atoms with Gasteiger partial charge >= 0.3 is 0 Å². The van der Waals surface area contributed by atoms with E-state index in [1.54, 1.807) is 31.5 Å². The van der Waals surface area contributed by atoms with E-state index in [0.717, 1.165) is 16.9 Å². The van der Waals surface area contributed by atoms with E-state index in [0.29, 0.717) is 40.0 Å². The lowest BCUT2D eigenvalue weighted by atomic mass is 10.1. The summed E-state index contributed by atoms with van der Waals surface area (Å²) in [5.74, 6) is 1.65. The highest BCUT2D eigenvalue weighted by Gasteiger charge is 2.13. The number of benzene rings is 2. The normalized spacial score (nSPS) is 10.7. The Balaban J connectivity index is 1.59. The van der Waals surface area contributed by atoms with Gasteiger partial charge in [-0.1, -0.05) is 17.7 Å². The average Bonchev–Trinajstić information content (AvgIpc) is 2.74. The fourth-order valence-corrected chi connectivity index (χ4v) is 3.16.